The molecule has 2 rings (SSSR count). The Morgan fingerprint density at radius 2 is 2.22 bits per heavy atom. The lowest BCUT2D eigenvalue weighted by atomic mass is 10.0. The molecule has 0 aliphatic heterocycles. The highest BCUT2D eigenvalue weighted by atomic mass is 16.3. The summed E-state index contributed by atoms with van der Waals surface area (Å²) < 4.78 is 5.62. The molecule has 1 unspecified atom stereocenters. The molecule has 1 atom stereocenters. The van der Waals surface area contributed by atoms with Crippen molar-refractivity contribution in [2.45, 2.75) is 32.8 Å². The fourth-order valence-corrected chi connectivity index (χ4v) is 2.48. The summed E-state index contributed by atoms with van der Waals surface area (Å²) in [4.78, 5) is 12.8. The normalized spacial score (nSPS) is 13.6. The average Bonchev–Trinajstić information content (AvgIpc) is 2.53. The van der Waals surface area contributed by atoms with Crippen LogP contribution in [0.4, 0.5) is 0 Å². The molecule has 3 heteroatoms. The van der Waals surface area contributed by atoms with E-state index >= 15 is 0 Å². The first-order chi connectivity index (χ1) is 11.1. The largest absolute Gasteiger partial charge is 0.463 e. The Bertz CT molecular complexity index is 807. The Balaban J connectivity index is 2.59. The molecule has 0 fully saturated rings. The summed E-state index contributed by atoms with van der Waals surface area (Å²) in [5.41, 5.74) is 2.68. The smallest absolute Gasteiger partial charge is 0.200 e. The first kappa shape index (κ1) is 17.0. The third-order valence-electron chi connectivity index (χ3n) is 3.55. The minimum absolute atomic E-state index is 0.0864. The van der Waals surface area contributed by atoms with Crippen molar-refractivity contribution in [2.24, 2.45) is 0 Å². The van der Waals surface area contributed by atoms with Gasteiger partial charge in [-0.2, -0.15) is 0 Å². The highest BCUT2D eigenvalue weighted by Gasteiger charge is 2.11. The van der Waals surface area contributed by atoms with Crippen LogP contribution in [0.15, 0.2) is 64.6 Å². The second-order valence-electron chi connectivity index (χ2n) is 5.50. The van der Waals surface area contributed by atoms with Crippen molar-refractivity contribution in [1.29, 1.82) is 0 Å². The van der Waals surface area contributed by atoms with Gasteiger partial charge in [-0.15, -0.1) is 6.58 Å². The molecule has 0 aliphatic rings. The molecule has 2 aromatic rings. The lowest BCUT2D eigenvalue weighted by Gasteiger charge is -2.07. The zero-order valence-corrected chi connectivity index (χ0v) is 13.6. The summed E-state index contributed by atoms with van der Waals surface area (Å²) in [5, 5.41) is 10.2. The maximum Gasteiger partial charge on any atom is 0.200 e. The van der Waals surface area contributed by atoms with Crippen molar-refractivity contribution in [1.82, 2.24) is 0 Å². The number of aliphatic hydroxyl groups excluding tert-OH is 1. The van der Waals surface area contributed by atoms with E-state index in [2.05, 4.69) is 6.58 Å². The molecule has 1 aromatic carbocycles. The molecule has 23 heavy (non-hydrogen) atoms. The van der Waals surface area contributed by atoms with E-state index in [-0.39, 0.29) is 5.43 Å². The van der Waals surface area contributed by atoms with Crippen molar-refractivity contribution in [3.05, 3.63) is 76.7 Å². The second-order valence-corrected chi connectivity index (χ2v) is 5.50. The van der Waals surface area contributed by atoms with E-state index in [1.165, 1.54) is 6.26 Å². The highest BCUT2D eigenvalue weighted by molar-refractivity contribution is 5.83. The van der Waals surface area contributed by atoms with Crippen LogP contribution in [-0.4, -0.2) is 11.2 Å². The van der Waals surface area contributed by atoms with E-state index in [0.717, 1.165) is 18.4 Å². The van der Waals surface area contributed by atoms with E-state index in [4.69, 9.17) is 4.42 Å². The van der Waals surface area contributed by atoms with Crippen LogP contribution in [0, 0.1) is 0 Å². The van der Waals surface area contributed by atoms with Crippen molar-refractivity contribution in [3.63, 3.8) is 0 Å². The minimum Gasteiger partial charge on any atom is -0.463 e. The third-order valence-corrected chi connectivity index (χ3v) is 3.55. The van der Waals surface area contributed by atoms with E-state index in [9.17, 15) is 9.90 Å². The maximum absolute atomic E-state index is 12.8. The lowest BCUT2D eigenvalue weighted by Crippen LogP contribution is -2.09. The monoisotopic (exact) mass is 310 g/mol. The summed E-state index contributed by atoms with van der Waals surface area (Å²) in [7, 11) is 0. The molecule has 0 aliphatic carbocycles. The van der Waals surface area contributed by atoms with Gasteiger partial charge >= 0.3 is 0 Å². The SMILES string of the molecule is C=CCCc1ccc2occ(C(/C=C\C)=C/C(C)O)c(=O)c2c1. The fourth-order valence-electron chi connectivity index (χ4n) is 2.48. The minimum atomic E-state index is -0.643. The zero-order valence-electron chi connectivity index (χ0n) is 13.6. The van der Waals surface area contributed by atoms with Gasteiger partial charge < -0.3 is 9.52 Å². The van der Waals surface area contributed by atoms with E-state index < -0.39 is 6.10 Å². The predicted molar refractivity (Wildman–Crippen MR) is 95.5 cm³/mol. The van der Waals surface area contributed by atoms with Gasteiger partial charge in [0.2, 0.25) is 0 Å². The molecule has 0 spiro atoms. The summed E-state index contributed by atoms with van der Waals surface area (Å²) >= 11 is 0. The number of benzene rings is 1. The van der Waals surface area contributed by atoms with Crippen molar-refractivity contribution in [2.75, 3.05) is 0 Å². The molecule has 120 valence electrons. The van der Waals surface area contributed by atoms with Crippen LogP contribution in [0.1, 0.15) is 31.4 Å². The zero-order chi connectivity index (χ0) is 16.8. The first-order valence-electron chi connectivity index (χ1n) is 7.75. The van der Waals surface area contributed by atoms with Crippen LogP contribution in [-0.2, 0) is 6.42 Å². The Labute approximate surface area is 136 Å². The number of rotatable bonds is 6. The van der Waals surface area contributed by atoms with Crippen LogP contribution in [0.2, 0.25) is 0 Å². The molecule has 1 heterocycles. The Hall–Kier alpha value is -2.39. The van der Waals surface area contributed by atoms with Crippen molar-refractivity contribution >= 4 is 16.5 Å². The molecule has 1 N–H and O–H groups in total. The summed E-state index contributed by atoms with van der Waals surface area (Å²) in [6.45, 7) is 7.24. The Morgan fingerprint density at radius 1 is 1.43 bits per heavy atom. The number of fused-ring (bicyclic) bond motifs is 1. The van der Waals surface area contributed by atoms with Crippen LogP contribution in [0.5, 0.6) is 0 Å². The van der Waals surface area contributed by atoms with Gasteiger partial charge in [0.1, 0.15) is 11.8 Å². The Kier molecular flexibility index (Phi) is 5.72. The Morgan fingerprint density at radius 3 is 2.87 bits per heavy atom. The molecule has 0 bridgehead atoms. The van der Waals surface area contributed by atoms with E-state index in [1.54, 1.807) is 19.1 Å². The molecule has 0 saturated heterocycles. The van der Waals surface area contributed by atoms with Gasteiger partial charge in [-0.1, -0.05) is 24.3 Å². The summed E-state index contributed by atoms with van der Waals surface area (Å²) in [6.07, 6.45) is 9.65. The fraction of sp³-hybridized carbons (Fsp3) is 0.250. The first-order valence-corrected chi connectivity index (χ1v) is 7.75. The third kappa shape index (κ3) is 4.08. The average molecular weight is 310 g/mol. The van der Waals surface area contributed by atoms with Gasteiger partial charge in [-0.05, 0) is 56.0 Å². The molecule has 0 radical (unpaired) electrons. The molecule has 1 aromatic heterocycles. The van der Waals surface area contributed by atoms with E-state index in [1.807, 2.05) is 37.3 Å². The molecular weight excluding hydrogens is 288 g/mol. The van der Waals surface area contributed by atoms with Gasteiger partial charge in [0, 0.05) is 0 Å². The lowest BCUT2D eigenvalue weighted by molar-refractivity contribution is 0.244. The van der Waals surface area contributed by atoms with Crippen LogP contribution in [0.3, 0.4) is 0 Å². The number of hydrogen-bond donors (Lipinski definition) is 1. The van der Waals surface area contributed by atoms with Gasteiger partial charge in [0.05, 0.1) is 17.1 Å². The topological polar surface area (TPSA) is 50.4 Å². The van der Waals surface area contributed by atoms with Crippen LogP contribution >= 0.6 is 0 Å². The second kappa shape index (κ2) is 7.75. The molecular formula is C20H22O3. The predicted octanol–water partition coefficient (Wildman–Crippen LogP) is 4.25. The maximum atomic E-state index is 12.8. The van der Waals surface area contributed by atoms with Crippen molar-refractivity contribution in [3.8, 4) is 0 Å². The molecule has 0 amide bonds. The standard InChI is InChI=1S/C20H22O3/c1-4-6-8-15-9-10-19-17(12-15)20(22)18(13-23-19)16(7-5-2)11-14(3)21/h4-5,7,9-14,21H,1,6,8H2,2-3H3/b7-5-,16-11+. The quantitative estimate of drug-likeness (QED) is 0.641. The molecule has 0 saturated carbocycles. The van der Waals surface area contributed by atoms with Gasteiger partial charge in [0.25, 0.3) is 0 Å². The summed E-state index contributed by atoms with van der Waals surface area (Å²) in [5.74, 6) is 0. The molecule has 3 nitrogen and oxygen atoms in total. The number of aryl methyl sites for hydroxylation is 1. The van der Waals surface area contributed by atoms with E-state index in [0.29, 0.717) is 22.1 Å². The number of allylic oxidation sites excluding steroid dienone is 4. The van der Waals surface area contributed by atoms with Gasteiger partial charge in [-0.3, -0.25) is 4.79 Å². The van der Waals surface area contributed by atoms with Crippen LogP contribution in [0.25, 0.3) is 16.5 Å². The van der Waals surface area contributed by atoms with Gasteiger partial charge in [-0.25, -0.2) is 0 Å². The summed E-state index contributed by atoms with van der Waals surface area (Å²) in [6, 6.07) is 5.67. The van der Waals surface area contributed by atoms with Crippen LogP contribution < -0.4 is 5.43 Å². The van der Waals surface area contributed by atoms with Crippen molar-refractivity contribution < 1.29 is 9.52 Å². The highest BCUT2D eigenvalue weighted by Crippen LogP contribution is 2.20. The number of hydrogen-bond acceptors (Lipinski definition) is 3. The van der Waals surface area contributed by atoms with Gasteiger partial charge in [0.15, 0.2) is 5.43 Å². The number of aliphatic hydroxyl groups is 1.